The zero-order valence-electron chi connectivity index (χ0n) is 15.3. The molecule has 2 N–H and O–H groups in total. The molecule has 138 valence electrons. The Morgan fingerprint density at radius 3 is 2.63 bits per heavy atom. The summed E-state index contributed by atoms with van der Waals surface area (Å²) in [7, 11) is 0. The number of likely N-dealkylation sites (tertiary alicyclic amines) is 1. The van der Waals surface area contributed by atoms with Crippen LogP contribution in [0.5, 0.6) is 0 Å². The number of carbonyl (C=O) groups is 1. The molecule has 0 bridgehead atoms. The Morgan fingerprint density at radius 2 is 1.93 bits per heavy atom. The van der Waals surface area contributed by atoms with Crippen LogP contribution in [0.3, 0.4) is 0 Å². The number of pyridine rings is 1. The number of benzene rings is 1. The fraction of sp³-hybridized carbons (Fsp3) is 0.286. The van der Waals surface area contributed by atoms with Crippen molar-refractivity contribution in [3.05, 3.63) is 77.7 Å². The van der Waals surface area contributed by atoms with E-state index >= 15 is 0 Å². The van der Waals surface area contributed by atoms with Crippen molar-refractivity contribution < 1.29 is 4.79 Å². The third-order valence-corrected chi connectivity index (χ3v) is 5.18. The minimum atomic E-state index is -0.0627. The summed E-state index contributed by atoms with van der Waals surface area (Å²) in [5.74, 6) is 0.864. The van der Waals surface area contributed by atoms with Crippen LogP contribution in [0.15, 0.2) is 60.9 Å². The maximum absolute atomic E-state index is 13.2. The molecule has 6 heteroatoms. The fourth-order valence-electron chi connectivity index (χ4n) is 3.79. The van der Waals surface area contributed by atoms with Gasteiger partial charge in [0.05, 0.1) is 17.5 Å². The van der Waals surface area contributed by atoms with Crippen LogP contribution in [0.1, 0.15) is 34.5 Å². The number of carbonyl (C=O) groups excluding carboxylic acids is 1. The molecule has 3 aromatic rings. The van der Waals surface area contributed by atoms with E-state index in [0.29, 0.717) is 30.9 Å². The molecule has 0 spiro atoms. The third kappa shape index (κ3) is 3.24. The van der Waals surface area contributed by atoms with Crippen molar-refractivity contribution in [1.29, 1.82) is 0 Å². The van der Waals surface area contributed by atoms with Gasteiger partial charge in [-0.3, -0.25) is 4.79 Å². The molecule has 3 heterocycles. The lowest BCUT2D eigenvalue weighted by atomic mass is 9.95. The maximum Gasteiger partial charge on any atom is 0.257 e. The monoisotopic (exact) mass is 361 g/mol. The first kappa shape index (κ1) is 17.4. The van der Waals surface area contributed by atoms with Gasteiger partial charge in [-0.2, -0.15) is 5.10 Å². The summed E-state index contributed by atoms with van der Waals surface area (Å²) < 4.78 is 1.75. The third-order valence-electron chi connectivity index (χ3n) is 5.18. The van der Waals surface area contributed by atoms with Crippen LogP contribution in [-0.4, -0.2) is 44.7 Å². The van der Waals surface area contributed by atoms with Crippen molar-refractivity contribution in [2.45, 2.75) is 25.3 Å². The highest BCUT2D eigenvalue weighted by Gasteiger charge is 2.35. The van der Waals surface area contributed by atoms with Crippen molar-refractivity contribution >= 4 is 5.91 Å². The number of nitrogens with two attached hydrogens (primary N) is 1. The number of hydrogen-bond donors (Lipinski definition) is 1. The van der Waals surface area contributed by atoms with E-state index < -0.39 is 0 Å². The molecule has 0 aliphatic carbocycles. The minimum absolute atomic E-state index is 0.0112. The van der Waals surface area contributed by atoms with Crippen molar-refractivity contribution in [3.63, 3.8) is 0 Å². The van der Waals surface area contributed by atoms with Crippen LogP contribution in [0.25, 0.3) is 5.82 Å². The lowest BCUT2D eigenvalue weighted by Crippen LogP contribution is -2.32. The van der Waals surface area contributed by atoms with Gasteiger partial charge in [-0.05, 0) is 24.1 Å². The zero-order valence-corrected chi connectivity index (χ0v) is 15.3. The van der Waals surface area contributed by atoms with Crippen LogP contribution in [0.4, 0.5) is 0 Å². The van der Waals surface area contributed by atoms with Gasteiger partial charge in [0, 0.05) is 31.2 Å². The van der Waals surface area contributed by atoms with Crippen molar-refractivity contribution in [1.82, 2.24) is 19.7 Å². The Labute approximate surface area is 158 Å². The highest BCUT2D eigenvalue weighted by molar-refractivity contribution is 5.95. The highest BCUT2D eigenvalue weighted by Crippen LogP contribution is 2.28. The van der Waals surface area contributed by atoms with Gasteiger partial charge in [0.1, 0.15) is 0 Å². The predicted molar refractivity (Wildman–Crippen MR) is 104 cm³/mol. The van der Waals surface area contributed by atoms with Gasteiger partial charge in [0.15, 0.2) is 5.82 Å². The molecule has 0 radical (unpaired) electrons. The first-order valence-corrected chi connectivity index (χ1v) is 9.27. The molecule has 6 nitrogen and oxygen atoms in total. The molecule has 0 saturated carbocycles. The maximum atomic E-state index is 13.2. The van der Waals surface area contributed by atoms with Crippen LogP contribution < -0.4 is 5.73 Å². The van der Waals surface area contributed by atoms with Crippen molar-refractivity contribution in [2.24, 2.45) is 5.73 Å². The summed E-state index contributed by atoms with van der Waals surface area (Å²) in [6.07, 6.45) is 4.07. The Bertz CT molecular complexity index is 922. The van der Waals surface area contributed by atoms with Gasteiger partial charge >= 0.3 is 0 Å². The van der Waals surface area contributed by atoms with E-state index in [-0.39, 0.29) is 17.9 Å². The number of nitrogens with zero attached hydrogens (tertiary/aromatic N) is 4. The molecule has 1 aliphatic rings. The molecule has 2 aromatic heterocycles. The van der Waals surface area contributed by atoms with Gasteiger partial charge in [0.2, 0.25) is 0 Å². The number of aromatic nitrogens is 3. The normalized spacial score (nSPS) is 19.4. The van der Waals surface area contributed by atoms with Gasteiger partial charge in [0.25, 0.3) is 5.91 Å². The van der Waals surface area contributed by atoms with Crippen LogP contribution in [-0.2, 0) is 6.42 Å². The average molecular weight is 361 g/mol. The summed E-state index contributed by atoms with van der Waals surface area (Å²) in [6, 6.07) is 15.8. The van der Waals surface area contributed by atoms with Crippen LogP contribution in [0, 0.1) is 0 Å². The van der Waals surface area contributed by atoms with E-state index in [1.54, 1.807) is 17.1 Å². The standard InChI is InChI=1S/C21H23N5O/c1-2-19-16(12-24-26(19)20-10-6-7-11-23-20)21(27)25-13-17(18(22)14-25)15-8-4-3-5-9-15/h3-12,17-18H,2,13-14,22H2,1H3/t17-,18+/m0/s1. The van der Waals surface area contributed by atoms with E-state index in [2.05, 4.69) is 22.2 Å². The largest absolute Gasteiger partial charge is 0.336 e. The second kappa shape index (κ2) is 7.32. The van der Waals surface area contributed by atoms with Gasteiger partial charge < -0.3 is 10.6 Å². The molecule has 1 fully saturated rings. The van der Waals surface area contributed by atoms with Crippen molar-refractivity contribution in [3.8, 4) is 5.82 Å². The summed E-state index contributed by atoms with van der Waals surface area (Å²) in [4.78, 5) is 19.4. The number of amides is 1. The molecule has 4 rings (SSSR count). The van der Waals surface area contributed by atoms with Crippen LogP contribution >= 0.6 is 0 Å². The SMILES string of the molecule is CCc1c(C(=O)N2C[C@@H](N)[C@H](c3ccccc3)C2)cnn1-c1ccccn1. The lowest BCUT2D eigenvalue weighted by molar-refractivity contribution is 0.0788. The average Bonchev–Trinajstić information content (AvgIpc) is 3.32. The first-order valence-electron chi connectivity index (χ1n) is 9.27. The zero-order chi connectivity index (χ0) is 18.8. The van der Waals surface area contributed by atoms with Crippen molar-refractivity contribution in [2.75, 3.05) is 13.1 Å². The van der Waals surface area contributed by atoms with E-state index in [9.17, 15) is 4.79 Å². The summed E-state index contributed by atoms with van der Waals surface area (Å²) in [5.41, 5.74) is 9.04. The molecule has 0 unspecified atom stereocenters. The smallest absolute Gasteiger partial charge is 0.257 e. The highest BCUT2D eigenvalue weighted by atomic mass is 16.2. The van der Waals surface area contributed by atoms with Crippen LogP contribution in [0.2, 0.25) is 0 Å². The van der Waals surface area contributed by atoms with E-state index in [4.69, 9.17) is 5.73 Å². The van der Waals surface area contributed by atoms with E-state index in [0.717, 1.165) is 5.69 Å². The molecule has 1 aromatic carbocycles. The van der Waals surface area contributed by atoms with Gasteiger partial charge in [-0.1, -0.05) is 43.3 Å². The second-order valence-corrected chi connectivity index (χ2v) is 6.85. The number of hydrogen-bond acceptors (Lipinski definition) is 4. The Morgan fingerprint density at radius 1 is 1.15 bits per heavy atom. The van der Waals surface area contributed by atoms with Gasteiger partial charge in [-0.15, -0.1) is 0 Å². The van der Waals surface area contributed by atoms with E-state index in [1.165, 1.54) is 5.56 Å². The topological polar surface area (TPSA) is 77.0 Å². The predicted octanol–water partition coefficient (Wildman–Crippen LogP) is 2.40. The summed E-state index contributed by atoms with van der Waals surface area (Å²) in [5, 5.41) is 4.42. The Kier molecular flexibility index (Phi) is 4.73. The molecular weight excluding hydrogens is 338 g/mol. The Hall–Kier alpha value is -2.99. The van der Waals surface area contributed by atoms with Gasteiger partial charge in [-0.25, -0.2) is 9.67 Å². The molecule has 1 saturated heterocycles. The summed E-state index contributed by atoms with van der Waals surface area (Å²) in [6.45, 7) is 3.20. The minimum Gasteiger partial charge on any atom is -0.336 e. The molecule has 1 aliphatic heterocycles. The Balaban J connectivity index is 1.60. The molecule has 27 heavy (non-hydrogen) atoms. The quantitative estimate of drug-likeness (QED) is 0.774. The fourth-order valence-corrected chi connectivity index (χ4v) is 3.79. The number of rotatable bonds is 4. The lowest BCUT2D eigenvalue weighted by Gasteiger charge is -2.17. The first-order chi connectivity index (χ1) is 13.2. The second-order valence-electron chi connectivity index (χ2n) is 6.85. The summed E-state index contributed by atoms with van der Waals surface area (Å²) >= 11 is 0. The molecule has 1 amide bonds. The molecule has 2 atom stereocenters. The van der Waals surface area contributed by atoms with E-state index in [1.807, 2.05) is 48.2 Å². The molecular formula is C21H23N5O.